The quantitative estimate of drug-likeness (QED) is 0.872. The molecule has 1 aromatic carbocycles. The van der Waals surface area contributed by atoms with Crippen molar-refractivity contribution in [2.75, 3.05) is 12.4 Å². The summed E-state index contributed by atoms with van der Waals surface area (Å²) < 4.78 is 18.5. The van der Waals surface area contributed by atoms with E-state index in [1.807, 2.05) is 26.8 Å². The van der Waals surface area contributed by atoms with Crippen LogP contribution in [0.3, 0.4) is 0 Å². The van der Waals surface area contributed by atoms with Crippen LogP contribution in [0.4, 0.5) is 10.1 Å². The van der Waals surface area contributed by atoms with Crippen molar-refractivity contribution in [1.82, 2.24) is 0 Å². The summed E-state index contributed by atoms with van der Waals surface area (Å²) in [4.78, 5) is 0. The lowest BCUT2D eigenvalue weighted by Crippen LogP contribution is -2.32. The summed E-state index contributed by atoms with van der Waals surface area (Å²) in [7, 11) is 1.61. The molecule has 0 radical (unpaired) electrons. The van der Waals surface area contributed by atoms with Gasteiger partial charge in [-0.15, -0.1) is 0 Å². The third-order valence-corrected chi connectivity index (χ3v) is 2.79. The highest BCUT2D eigenvalue weighted by molar-refractivity contribution is 5.47. The molecule has 1 aromatic rings. The first-order valence-electron chi connectivity index (χ1n) is 5.85. The highest BCUT2D eigenvalue weighted by atomic mass is 19.1. The standard InChI is InChI=1S/C14H19FN2O/c1-10-5-11(15)7-12(6-10)17-13(9-16)8-14(2,3)18-4/h5-7,13,17H,8H2,1-4H3. The number of hydrogen-bond acceptors (Lipinski definition) is 3. The summed E-state index contributed by atoms with van der Waals surface area (Å²) in [6, 6.07) is 6.40. The van der Waals surface area contributed by atoms with Crippen LogP contribution in [0.2, 0.25) is 0 Å². The van der Waals surface area contributed by atoms with Gasteiger partial charge in [-0.3, -0.25) is 0 Å². The van der Waals surface area contributed by atoms with Crippen LogP contribution in [-0.2, 0) is 4.74 Å². The van der Waals surface area contributed by atoms with Gasteiger partial charge in [0, 0.05) is 19.2 Å². The fourth-order valence-corrected chi connectivity index (χ4v) is 1.72. The van der Waals surface area contributed by atoms with Gasteiger partial charge in [0.2, 0.25) is 0 Å². The normalized spacial score (nSPS) is 12.9. The van der Waals surface area contributed by atoms with E-state index < -0.39 is 11.6 Å². The average molecular weight is 250 g/mol. The second-order valence-corrected chi connectivity index (χ2v) is 5.01. The number of nitrogens with zero attached hydrogens (tertiary/aromatic N) is 1. The number of nitriles is 1. The molecule has 98 valence electrons. The predicted octanol–water partition coefficient (Wildman–Crippen LogP) is 3.25. The number of aryl methyl sites for hydroxylation is 1. The second-order valence-electron chi connectivity index (χ2n) is 5.01. The smallest absolute Gasteiger partial charge is 0.125 e. The van der Waals surface area contributed by atoms with Crippen LogP contribution < -0.4 is 5.32 Å². The van der Waals surface area contributed by atoms with Gasteiger partial charge in [-0.25, -0.2) is 4.39 Å². The van der Waals surface area contributed by atoms with Crippen molar-refractivity contribution in [3.63, 3.8) is 0 Å². The summed E-state index contributed by atoms with van der Waals surface area (Å²) in [5.74, 6) is -0.305. The fraction of sp³-hybridized carbons (Fsp3) is 0.500. The van der Waals surface area contributed by atoms with Crippen LogP contribution in [-0.4, -0.2) is 18.8 Å². The molecule has 18 heavy (non-hydrogen) atoms. The molecule has 0 aromatic heterocycles. The number of halogens is 1. The first kappa shape index (κ1) is 14.5. The summed E-state index contributed by atoms with van der Waals surface area (Å²) >= 11 is 0. The van der Waals surface area contributed by atoms with E-state index in [1.165, 1.54) is 12.1 Å². The van der Waals surface area contributed by atoms with Crippen LogP contribution in [0.15, 0.2) is 18.2 Å². The maximum absolute atomic E-state index is 13.2. The topological polar surface area (TPSA) is 45.0 Å². The molecule has 0 amide bonds. The molecule has 3 nitrogen and oxygen atoms in total. The molecular weight excluding hydrogens is 231 g/mol. The molecule has 1 rings (SSSR count). The van der Waals surface area contributed by atoms with Gasteiger partial charge in [-0.1, -0.05) is 0 Å². The number of anilines is 1. The van der Waals surface area contributed by atoms with E-state index in [1.54, 1.807) is 7.11 Å². The molecule has 0 aliphatic heterocycles. The van der Waals surface area contributed by atoms with Crippen molar-refractivity contribution < 1.29 is 9.13 Å². The number of methoxy groups -OCH3 is 1. The van der Waals surface area contributed by atoms with Gasteiger partial charge in [0.25, 0.3) is 0 Å². The van der Waals surface area contributed by atoms with Crippen molar-refractivity contribution in [2.45, 2.75) is 38.8 Å². The molecule has 0 fully saturated rings. The van der Waals surface area contributed by atoms with Crippen molar-refractivity contribution in [1.29, 1.82) is 5.26 Å². The zero-order valence-electron chi connectivity index (χ0n) is 11.2. The van der Waals surface area contributed by atoms with Gasteiger partial charge < -0.3 is 10.1 Å². The van der Waals surface area contributed by atoms with E-state index >= 15 is 0 Å². The van der Waals surface area contributed by atoms with Crippen molar-refractivity contribution >= 4 is 5.69 Å². The molecular formula is C14H19FN2O. The van der Waals surface area contributed by atoms with Crippen LogP contribution in [0.5, 0.6) is 0 Å². The minimum Gasteiger partial charge on any atom is -0.379 e. The van der Waals surface area contributed by atoms with Gasteiger partial charge in [0.05, 0.1) is 11.7 Å². The van der Waals surface area contributed by atoms with Gasteiger partial charge in [0.1, 0.15) is 11.9 Å². The second kappa shape index (κ2) is 5.83. The molecule has 0 saturated carbocycles. The fourth-order valence-electron chi connectivity index (χ4n) is 1.72. The SMILES string of the molecule is COC(C)(C)CC(C#N)Nc1cc(C)cc(F)c1. The Morgan fingerprint density at radius 3 is 2.61 bits per heavy atom. The molecule has 0 heterocycles. The lowest BCUT2D eigenvalue weighted by molar-refractivity contribution is 0.0148. The van der Waals surface area contributed by atoms with Crippen LogP contribution in [0, 0.1) is 24.1 Å². The van der Waals surface area contributed by atoms with E-state index in [2.05, 4.69) is 11.4 Å². The Morgan fingerprint density at radius 1 is 1.44 bits per heavy atom. The van der Waals surface area contributed by atoms with E-state index in [4.69, 9.17) is 10.00 Å². The molecule has 0 bridgehead atoms. The molecule has 0 spiro atoms. The van der Waals surface area contributed by atoms with E-state index in [9.17, 15) is 4.39 Å². The molecule has 1 N–H and O–H groups in total. The minimum absolute atomic E-state index is 0.305. The maximum atomic E-state index is 13.2. The third-order valence-electron chi connectivity index (χ3n) is 2.79. The van der Waals surface area contributed by atoms with Gasteiger partial charge >= 0.3 is 0 Å². The lowest BCUT2D eigenvalue weighted by Gasteiger charge is -2.26. The summed E-state index contributed by atoms with van der Waals surface area (Å²) in [6.07, 6.45) is 0.523. The van der Waals surface area contributed by atoms with Crippen molar-refractivity contribution in [3.05, 3.63) is 29.6 Å². The predicted molar refractivity (Wildman–Crippen MR) is 69.9 cm³/mol. The van der Waals surface area contributed by atoms with E-state index in [-0.39, 0.29) is 5.82 Å². The van der Waals surface area contributed by atoms with Crippen molar-refractivity contribution in [3.8, 4) is 6.07 Å². The van der Waals surface area contributed by atoms with Gasteiger partial charge in [-0.05, 0) is 44.5 Å². The summed E-state index contributed by atoms with van der Waals surface area (Å²) in [5, 5.41) is 12.1. The monoisotopic (exact) mass is 250 g/mol. The Hall–Kier alpha value is -1.60. The molecule has 0 aliphatic carbocycles. The number of ether oxygens (including phenoxy) is 1. The zero-order valence-corrected chi connectivity index (χ0v) is 11.2. The zero-order chi connectivity index (χ0) is 13.8. The molecule has 0 saturated heterocycles. The molecule has 4 heteroatoms. The largest absolute Gasteiger partial charge is 0.379 e. The number of rotatable bonds is 5. The number of hydrogen-bond donors (Lipinski definition) is 1. The first-order chi connectivity index (χ1) is 8.36. The highest BCUT2D eigenvalue weighted by Crippen LogP contribution is 2.20. The Morgan fingerprint density at radius 2 is 2.11 bits per heavy atom. The molecule has 1 atom stereocenters. The van der Waals surface area contributed by atoms with Crippen LogP contribution >= 0.6 is 0 Å². The Balaban J connectivity index is 2.78. The van der Waals surface area contributed by atoms with E-state index in [0.29, 0.717) is 12.1 Å². The van der Waals surface area contributed by atoms with Crippen LogP contribution in [0.1, 0.15) is 25.8 Å². The summed E-state index contributed by atoms with van der Waals surface area (Å²) in [6.45, 7) is 5.64. The van der Waals surface area contributed by atoms with Crippen LogP contribution in [0.25, 0.3) is 0 Å². The average Bonchev–Trinajstić information content (AvgIpc) is 2.26. The maximum Gasteiger partial charge on any atom is 0.125 e. The number of benzene rings is 1. The first-order valence-corrected chi connectivity index (χ1v) is 5.85. The molecule has 1 unspecified atom stereocenters. The van der Waals surface area contributed by atoms with Crippen molar-refractivity contribution in [2.24, 2.45) is 0 Å². The third kappa shape index (κ3) is 4.34. The van der Waals surface area contributed by atoms with E-state index in [0.717, 1.165) is 5.56 Å². The Kier molecular flexibility index (Phi) is 4.69. The number of nitrogens with one attached hydrogen (secondary N) is 1. The Bertz CT molecular complexity index is 431. The lowest BCUT2D eigenvalue weighted by atomic mass is 9.99. The van der Waals surface area contributed by atoms with Gasteiger partial charge in [0.15, 0.2) is 0 Å². The molecule has 0 aliphatic rings. The highest BCUT2D eigenvalue weighted by Gasteiger charge is 2.22. The summed E-state index contributed by atoms with van der Waals surface area (Å²) in [5.41, 5.74) is 1.04. The Labute approximate surface area is 108 Å². The minimum atomic E-state index is -0.416. The van der Waals surface area contributed by atoms with Gasteiger partial charge in [-0.2, -0.15) is 5.26 Å².